The molecule has 7 heteroatoms. The quantitative estimate of drug-likeness (QED) is 0.745. The zero-order valence-electron chi connectivity index (χ0n) is 16.3. The lowest BCUT2D eigenvalue weighted by atomic mass is 10.1. The summed E-state index contributed by atoms with van der Waals surface area (Å²) in [6.45, 7) is 5.86. The lowest BCUT2D eigenvalue weighted by Gasteiger charge is -2.39. The zero-order valence-corrected chi connectivity index (χ0v) is 17.8. The standard InChI is InChI=1S/C22H23Cl2N3O2/c1-15-18(24)3-2-4-19(15)25-9-11-26(12-10-25)20-13-27(14-21(20)28)22(29)16-5-7-17(23)8-6-16/h2-8,20H,9-14H2,1H3. The molecule has 0 N–H and O–H groups in total. The maximum Gasteiger partial charge on any atom is 0.254 e. The SMILES string of the molecule is Cc1c(Cl)cccc1N1CCN(C2CN(C(=O)c3ccc(Cl)cc3)CC2=O)CC1. The van der Waals surface area contributed by atoms with Crippen LogP contribution in [0, 0.1) is 6.92 Å². The van der Waals surface area contributed by atoms with Gasteiger partial charge >= 0.3 is 0 Å². The van der Waals surface area contributed by atoms with Gasteiger partial charge in [0, 0.05) is 54.0 Å². The van der Waals surface area contributed by atoms with Crippen LogP contribution in [0.5, 0.6) is 0 Å². The Morgan fingerprint density at radius 2 is 1.69 bits per heavy atom. The molecule has 2 saturated heterocycles. The normalized spacial score (nSPS) is 20.4. The monoisotopic (exact) mass is 431 g/mol. The number of likely N-dealkylation sites (tertiary alicyclic amines) is 1. The Labute approximate surface area is 180 Å². The fourth-order valence-electron chi connectivity index (χ4n) is 4.13. The van der Waals surface area contributed by atoms with Crippen LogP contribution in [0.4, 0.5) is 5.69 Å². The number of benzene rings is 2. The molecule has 0 spiro atoms. The van der Waals surface area contributed by atoms with Gasteiger partial charge in [0.25, 0.3) is 5.91 Å². The van der Waals surface area contributed by atoms with Crippen molar-refractivity contribution in [2.75, 3.05) is 44.2 Å². The van der Waals surface area contributed by atoms with Gasteiger partial charge in [0.1, 0.15) is 0 Å². The number of amides is 1. The molecule has 2 aliphatic rings. The van der Waals surface area contributed by atoms with Crippen molar-refractivity contribution in [2.24, 2.45) is 0 Å². The van der Waals surface area contributed by atoms with Crippen LogP contribution in [-0.4, -0.2) is 66.8 Å². The molecule has 0 saturated carbocycles. The van der Waals surface area contributed by atoms with Gasteiger partial charge < -0.3 is 9.80 Å². The number of Topliss-reactive ketones (excluding diaryl/α,β-unsaturated/α-hetero) is 1. The van der Waals surface area contributed by atoms with Crippen LogP contribution in [0.1, 0.15) is 15.9 Å². The number of rotatable bonds is 3. The highest BCUT2D eigenvalue weighted by atomic mass is 35.5. The number of piperazine rings is 1. The minimum atomic E-state index is -0.228. The van der Waals surface area contributed by atoms with Gasteiger partial charge in [0.15, 0.2) is 5.78 Å². The van der Waals surface area contributed by atoms with Crippen molar-refractivity contribution < 1.29 is 9.59 Å². The van der Waals surface area contributed by atoms with E-state index in [9.17, 15) is 9.59 Å². The lowest BCUT2D eigenvalue weighted by Crippen LogP contribution is -2.53. The number of nitrogens with zero attached hydrogens (tertiary/aromatic N) is 3. The van der Waals surface area contributed by atoms with Crippen molar-refractivity contribution in [1.82, 2.24) is 9.80 Å². The number of halogens is 2. The summed E-state index contributed by atoms with van der Waals surface area (Å²) in [5.41, 5.74) is 2.79. The van der Waals surface area contributed by atoms with E-state index in [1.54, 1.807) is 29.2 Å². The van der Waals surface area contributed by atoms with E-state index in [1.807, 2.05) is 19.1 Å². The maximum atomic E-state index is 12.7. The molecule has 2 heterocycles. The number of hydrogen-bond acceptors (Lipinski definition) is 4. The first kappa shape index (κ1) is 20.2. The molecule has 2 aliphatic heterocycles. The number of hydrogen-bond donors (Lipinski definition) is 0. The van der Waals surface area contributed by atoms with Crippen molar-refractivity contribution >= 4 is 40.6 Å². The van der Waals surface area contributed by atoms with E-state index in [0.717, 1.165) is 42.5 Å². The summed E-state index contributed by atoms with van der Waals surface area (Å²) in [6, 6.07) is 12.5. The van der Waals surface area contributed by atoms with E-state index >= 15 is 0 Å². The van der Waals surface area contributed by atoms with Crippen LogP contribution in [0.15, 0.2) is 42.5 Å². The van der Waals surface area contributed by atoms with E-state index in [2.05, 4.69) is 15.9 Å². The number of ketones is 1. The molecular weight excluding hydrogens is 409 g/mol. The Morgan fingerprint density at radius 1 is 1.00 bits per heavy atom. The molecule has 152 valence electrons. The van der Waals surface area contributed by atoms with Gasteiger partial charge in [-0.1, -0.05) is 29.3 Å². The Bertz CT molecular complexity index is 924. The summed E-state index contributed by atoms with van der Waals surface area (Å²) >= 11 is 12.2. The summed E-state index contributed by atoms with van der Waals surface area (Å²) in [4.78, 5) is 31.5. The van der Waals surface area contributed by atoms with E-state index < -0.39 is 0 Å². The second-order valence-electron chi connectivity index (χ2n) is 7.58. The molecule has 0 bridgehead atoms. The van der Waals surface area contributed by atoms with Crippen LogP contribution in [-0.2, 0) is 4.79 Å². The summed E-state index contributed by atoms with van der Waals surface area (Å²) in [6.07, 6.45) is 0. The Hall–Kier alpha value is -2.08. The van der Waals surface area contributed by atoms with Gasteiger partial charge in [-0.3, -0.25) is 14.5 Å². The van der Waals surface area contributed by atoms with Crippen LogP contribution in [0.2, 0.25) is 10.0 Å². The largest absolute Gasteiger partial charge is 0.369 e. The first-order chi connectivity index (χ1) is 13.9. The lowest BCUT2D eigenvalue weighted by molar-refractivity contribution is -0.121. The number of anilines is 1. The molecule has 2 aromatic carbocycles. The topological polar surface area (TPSA) is 43.9 Å². The third-order valence-electron chi connectivity index (χ3n) is 5.82. The van der Waals surface area contributed by atoms with Crippen LogP contribution in [0.3, 0.4) is 0 Å². The third-order valence-corrected chi connectivity index (χ3v) is 6.49. The Balaban J connectivity index is 1.39. The molecule has 0 aromatic heterocycles. The van der Waals surface area contributed by atoms with E-state index in [1.165, 1.54) is 0 Å². The minimum absolute atomic E-state index is 0.111. The van der Waals surface area contributed by atoms with Gasteiger partial charge in [-0.15, -0.1) is 0 Å². The Morgan fingerprint density at radius 3 is 2.38 bits per heavy atom. The van der Waals surface area contributed by atoms with Gasteiger partial charge in [0.05, 0.1) is 12.6 Å². The Kier molecular flexibility index (Phi) is 5.81. The molecule has 5 nitrogen and oxygen atoms in total. The average molecular weight is 432 g/mol. The maximum absolute atomic E-state index is 12.7. The van der Waals surface area contributed by atoms with Gasteiger partial charge in [0.2, 0.25) is 0 Å². The summed E-state index contributed by atoms with van der Waals surface area (Å²) in [5.74, 6) is -0.00888. The van der Waals surface area contributed by atoms with E-state index in [-0.39, 0.29) is 24.3 Å². The fraction of sp³-hybridized carbons (Fsp3) is 0.364. The van der Waals surface area contributed by atoms with Crippen molar-refractivity contribution in [1.29, 1.82) is 0 Å². The van der Waals surface area contributed by atoms with Crippen molar-refractivity contribution in [3.63, 3.8) is 0 Å². The molecular formula is C22H23Cl2N3O2. The molecule has 1 atom stereocenters. The first-order valence-corrected chi connectivity index (χ1v) is 10.5. The van der Waals surface area contributed by atoms with Gasteiger partial charge in [-0.05, 0) is 48.9 Å². The van der Waals surface area contributed by atoms with Crippen molar-refractivity contribution in [2.45, 2.75) is 13.0 Å². The van der Waals surface area contributed by atoms with Crippen molar-refractivity contribution in [3.8, 4) is 0 Å². The minimum Gasteiger partial charge on any atom is -0.369 e. The highest BCUT2D eigenvalue weighted by molar-refractivity contribution is 6.31. The molecule has 29 heavy (non-hydrogen) atoms. The summed E-state index contributed by atoms with van der Waals surface area (Å²) in [7, 11) is 0. The number of carbonyl (C=O) groups excluding carboxylic acids is 2. The molecule has 2 aromatic rings. The molecule has 4 rings (SSSR count). The predicted octanol–water partition coefficient (Wildman–Crippen LogP) is 3.52. The average Bonchev–Trinajstić information content (AvgIpc) is 3.12. The fourth-order valence-corrected chi connectivity index (χ4v) is 4.43. The van der Waals surface area contributed by atoms with Gasteiger partial charge in [-0.25, -0.2) is 0 Å². The second kappa shape index (κ2) is 8.34. The zero-order chi connectivity index (χ0) is 20.5. The second-order valence-corrected chi connectivity index (χ2v) is 8.43. The molecule has 2 fully saturated rings. The highest BCUT2D eigenvalue weighted by Crippen LogP contribution is 2.28. The summed E-state index contributed by atoms with van der Waals surface area (Å²) < 4.78 is 0. The highest BCUT2D eigenvalue weighted by Gasteiger charge is 2.38. The van der Waals surface area contributed by atoms with Crippen molar-refractivity contribution in [3.05, 3.63) is 63.6 Å². The van der Waals surface area contributed by atoms with E-state index in [4.69, 9.17) is 23.2 Å². The molecule has 1 amide bonds. The van der Waals surface area contributed by atoms with E-state index in [0.29, 0.717) is 17.1 Å². The number of carbonyl (C=O) groups is 2. The molecule has 1 unspecified atom stereocenters. The third kappa shape index (κ3) is 4.13. The van der Waals surface area contributed by atoms with Crippen LogP contribution < -0.4 is 4.90 Å². The van der Waals surface area contributed by atoms with Gasteiger partial charge in [-0.2, -0.15) is 0 Å². The summed E-state index contributed by atoms with van der Waals surface area (Å²) in [5, 5.41) is 1.36. The van der Waals surface area contributed by atoms with Crippen LogP contribution >= 0.6 is 23.2 Å². The molecule has 0 radical (unpaired) electrons. The smallest absolute Gasteiger partial charge is 0.254 e. The molecule has 0 aliphatic carbocycles. The first-order valence-electron chi connectivity index (χ1n) is 9.75. The predicted molar refractivity (Wildman–Crippen MR) is 116 cm³/mol. The van der Waals surface area contributed by atoms with Crippen LogP contribution in [0.25, 0.3) is 0 Å².